The molecule has 7 heteroatoms. The SMILES string of the molecule is CCCNC(=O)c1nc(C)ccc1C(=O)Nc1ccccc1CCOCBr. The quantitative estimate of drug-likeness (QED) is 0.466. The Hall–Kier alpha value is -2.25. The van der Waals surface area contributed by atoms with E-state index < -0.39 is 0 Å². The van der Waals surface area contributed by atoms with Crippen molar-refractivity contribution in [1.29, 1.82) is 0 Å². The number of aromatic nitrogens is 1. The van der Waals surface area contributed by atoms with E-state index in [2.05, 4.69) is 31.5 Å². The van der Waals surface area contributed by atoms with Crippen molar-refractivity contribution in [1.82, 2.24) is 10.3 Å². The highest BCUT2D eigenvalue weighted by Crippen LogP contribution is 2.18. The molecule has 1 aromatic carbocycles. The zero-order valence-corrected chi connectivity index (χ0v) is 17.1. The van der Waals surface area contributed by atoms with Crippen LogP contribution in [-0.4, -0.2) is 35.5 Å². The maximum atomic E-state index is 12.8. The van der Waals surface area contributed by atoms with Crippen molar-refractivity contribution in [3.63, 3.8) is 0 Å². The summed E-state index contributed by atoms with van der Waals surface area (Å²) in [5, 5.41) is 5.68. The molecule has 0 fully saturated rings. The van der Waals surface area contributed by atoms with E-state index in [0.717, 1.165) is 12.0 Å². The number of nitrogens with zero attached hydrogens (tertiary/aromatic N) is 1. The van der Waals surface area contributed by atoms with Crippen LogP contribution in [-0.2, 0) is 11.2 Å². The maximum Gasteiger partial charge on any atom is 0.270 e. The lowest BCUT2D eigenvalue weighted by Crippen LogP contribution is -2.28. The minimum absolute atomic E-state index is 0.140. The Morgan fingerprint density at radius 3 is 2.67 bits per heavy atom. The monoisotopic (exact) mass is 433 g/mol. The van der Waals surface area contributed by atoms with Gasteiger partial charge in [0.25, 0.3) is 11.8 Å². The van der Waals surface area contributed by atoms with Crippen LogP contribution in [0.4, 0.5) is 5.69 Å². The summed E-state index contributed by atoms with van der Waals surface area (Å²) in [5.41, 5.74) is 3.19. The average molecular weight is 434 g/mol. The summed E-state index contributed by atoms with van der Waals surface area (Å²) in [6.07, 6.45) is 1.47. The molecule has 0 aliphatic heterocycles. The molecular weight excluding hydrogens is 410 g/mol. The molecule has 0 bridgehead atoms. The van der Waals surface area contributed by atoms with Crippen molar-refractivity contribution in [2.45, 2.75) is 26.7 Å². The summed E-state index contributed by atoms with van der Waals surface area (Å²) in [4.78, 5) is 29.5. The van der Waals surface area contributed by atoms with Gasteiger partial charge in [-0.2, -0.15) is 0 Å². The Bertz CT molecular complexity index is 796. The normalized spacial score (nSPS) is 10.5. The van der Waals surface area contributed by atoms with Crippen LogP contribution in [0.5, 0.6) is 0 Å². The highest BCUT2D eigenvalue weighted by molar-refractivity contribution is 9.09. The van der Waals surface area contributed by atoms with E-state index in [4.69, 9.17) is 4.74 Å². The van der Waals surface area contributed by atoms with E-state index in [1.165, 1.54) is 0 Å². The molecule has 0 aliphatic rings. The van der Waals surface area contributed by atoms with Gasteiger partial charge in [0.15, 0.2) is 0 Å². The van der Waals surface area contributed by atoms with Gasteiger partial charge >= 0.3 is 0 Å². The number of halogens is 1. The summed E-state index contributed by atoms with van der Waals surface area (Å²) in [7, 11) is 0. The van der Waals surface area contributed by atoms with Crippen molar-refractivity contribution in [2.75, 3.05) is 24.0 Å². The number of amides is 2. The van der Waals surface area contributed by atoms with Gasteiger partial charge in [-0.1, -0.05) is 41.1 Å². The van der Waals surface area contributed by atoms with Gasteiger partial charge in [0, 0.05) is 17.9 Å². The van der Waals surface area contributed by atoms with Crippen molar-refractivity contribution >= 4 is 33.4 Å². The molecule has 2 rings (SSSR count). The number of anilines is 1. The number of rotatable bonds is 9. The fourth-order valence-corrected chi connectivity index (χ4v) is 2.75. The zero-order valence-electron chi connectivity index (χ0n) is 15.5. The molecule has 2 amide bonds. The predicted octanol–water partition coefficient (Wildman–Crippen LogP) is 3.69. The first-order chi connectivity index (χ1) is 13.1. The number of alkyl halides is 1. The van der Waals surface area contributed by atoms with Gasteiger partial charge in [0.05, 0.1) is 12.2 Å². The predicted molar refractivity (Wildman–Crippen MR) is 109 cm³/mol. The van der Waals surface area contributed by atoms with Gasteiger partial charge in [-0.3, -0.25) is 9.59 Å². The Morgan fingerprint density at radius 1 is 1.15 bits per heavy atom. The van der Waals surface area contributed by atoms with Crippen LogP contribution >= 0.6 is 15.9 Å². The molecule has 6 nitrogen and oxygen atoms in total. The van der Waals surface area contributed by atoms with E-state index in [0.29, 0.717) is 36.5 Å². The minimum Gasteiger partial charge on any atom is -0.370 e. The van der Waals surface area contributed by atoms with Crippen LogP contribution < -0.4 is 10.6 Å². The highest BCUT2D eigenvalue weighted by Gasteiger charge is 2.19. The largest absolute Gasteiger partial charge is 0.370 e. The Labute approximate surface area is 167 Å². The zero-order chi connectivity index (χ0) is 19.6. The van der Waals surface area contributed by atoms with E-state index in [-0.39, 0.29) is 23.1 Å². The smallest absolute Gasteiger partial charge is 0.270 e. The number of para-hydroxylation sites is 1. The van der Waals surface area contributed by atoms with E-state index >= 15 is 0 Å². The van der Waals surface area contributed by atoms with Crippen molar-refractivity contribution in [3.05, 3.63) is 58.9 Å². The number of aryl methyl sites for hydroxylation is 1. The van der Waals surface area contributed by atoms with Crippen molar-refractivity contribution < 1.29 is 14.3 Å². The number of hydrogen-bond acceptors (Lipinski definition) is 4. The Balaban J connectivity index is 2.22. The first-order valence-corrected chi connectivity index (χ1v) is 9.97. The van der Waals surface area contributed by atoms with Gasteiger partial charge in [-0.15, -0.1) is 0 Å². The molecular formula is C20H24BrN3O3. The molecule has 0 unspecified atom stereocenters. The molecule has 2 aromatic rings. The third kappa shape index (κ3) is 6.15. The van der Waals surface area contributed by atoms with Gasteiger partial charge in [-0.25, -0.2) is 4.98 Å². The number of hydrogen-bond donors (Lipinski definition) is 2. The third-order valence-electron chi connectivity index (χ3n) is 3.89. The average Bonchev–Trinajstić information content (AvgIpc) is 2.67. The topological polar surface area (TPSA) is 80.3 Å². The van der Waals surface area contributed by atoms with Crippen molar-refractivity contribution in [2.24, 2.45) is 0 Å². The summed E-state index contributed by atoms with van der Waals surface area (Å²) in [6, 6.07) is 10.9. The highest BCUT2D eigenvalue weighted by atomic mass is 79.9. The van der Waals surface area contributed by atoms with Gasteiger partial charge < -0.3 is 15.4 Å². The number of ether oxygens (including phenoxy) is 1. The summed E-state index contributed by atoms with van der Waals surface area (Å²) < 4.78 is 5.32. The number of carbonyl (C=O) groups excluding carboxylic acids is 2. The Morgan fingerprint density at radius 2 is 1.93 bits per heavy atom. The molecule has 0 saturated carbocycles. The molecule has 1 heterocycles. The van der Waals surface area contributed by atoms with E-state index in [1.807, 2.05) is 31.2 Å². The molecule has 0 atom stereocenters. The second-order valence-electron chi connectivity index (χ2n) is 5.98. The summed E-state index contributed by atoms with van der Waals surface area (Å²) in [5.74, 6) is -0.706. The van der Waals surface area contributed by atoms with E-state index in [1.54, 1.807) is 19.1 Å². The van der Waals surface area contributed by atoms with Crippen LogP contribution in [0.1, 0.15) is 45.4 Å². The standard InChI is InChI=1S/C20H24BrN3O3/c1-3-11-22-20(26)18-16(9-8-14(2)23-18)19(25)24-17-7-5-4-6-15(17)10-12-27-13-21/h4-9H,3,10-13H2,1-2H3,(H,22,26)(H,24,25). The van der Waals surface area contributed by atoms with E-state index in [9.17, 15) is 9.59 Å². The van der Waals surface area contributed by atoms with Gasteiger partial charge in [0.2, 0.25) is 0 Å². The lowest BCUT2D eigenvalue weighted by molar-refractivity contribution is 0.0935. The molecule has 0 radical (unpaired) electrons. The van der Waals surface area contributed by atoms with Crippen LogP contribution in [0, 0.1) is 6.92 Å². The van der Waals surface area contributed by atoms with Crippen molar-refractivity contribution in [3.8, 4) is 0 Å². The minimum atomic E-state index is -0.363. The number of nitrogens with one attached hydrogen (secondary N) is 2. The third-order valence-corrected chi connectivity index (χ3v) is 4.21. The Kier molecular flexibility index (Phi) is 8.42. The molecule has 0 aliphatic carbocycles. The lowest BCUT2D eigenvalue weighted by atomic mass is 10.1. The summed E-state index contributed by atoms with van der Waals surface area (Å²) in [6.45, 7) is 4.83. The van der Waals surface area contributed by atoms with Gasteiger partial charge in [0.1, 0.15) is 11.2 Å². The maximum absolute atomic E-state index is 12.8. The van der Waals surface area contributed by atoms with Crippen LogP contribution in [0.2, 0.25) is 0 Å². The first kappa shape index (κ1) is 21.1. The fourth-order valence-electron chi connectivity index (χ4n) is 2.52. The molecule has 144 valence electrons. The van der Waals surface area contributed by atoms with Crippen LogP contribution in [0.15, 0.2) is 36.4 Å². The molecule has 0 saturated heterocycles. The second kappa shape index (κ2) is 10.8. The molecule has 2 N–H and O–H groups in total. The summed E-state index contributed by atoms with van der Waals surface area (Å²) >= 11 is 3.22. The number of benzene rings is 1. The van der Waals surface area contributed by atoms with Gasteiger partial charge in [-0.05, 0) is 43.5 Å². The number of pyridine rings is 1. The van der Waals surface area contributed by atoms with Crippen LogP contribution in [0.25, 0.3) is 0 Å². The second-order valence-corrected chi connectivity index (χ2v) is 6.44. The van der Waals surface area contributed by atoms with Crippen LogP contribution in [0.3, 0.4) is 0 Å². The lowest BCUT2D eigenvalue weighted by Gasteiger charge is -2.13. The molecule has 27 heavy (non-hydrogen) atoms. The fraction of sp³-hybridized carbons (Fsp3) is 0.350. The first-order valence-electron chi connectivity index (χ1n) is 8.85. The molecule has 0 spiro atoms. The number of carbonyl (C=O) groups is 2. The molecule has 1 aromatic heterocycles.